The second kappa shape index (κ2) is 11.4. The number of hydrogen-bond donors (Lipinski definition) is 0. The fourth-order valence-electron chi connectivity index (χ4n) is 6.11. The summed E-state index contributed by atoms with van der Waals surface area (Å²) in [5.74, 6) is 1.33. The van der Waals surface area contributed by atoms with Gasteiger partial charge in [0.15, 0.2) is 11.6 Å². The Labute approximate surface area is 275 Å². The van der Waals surface area contributed by atoms with Crippen molar-refractivity contribution in [2.24, 2.45) is 0 Å². The largest absolute Gasteiger partial charge is 0.264 e. The standard InChI is InChI=1S/C41H25N5S/c1-2-11-27(12-3-1)37-39-38(33-16-6-7-18-36(33)47-39)46-41(45-37)29-21-19-28(20-22-29)40-43-34(30-14-9-23-42-25-30)24-35(44-40)32-17-8-13-26-10-4-5-15-31(26)32/h1-25H. The molecule has 5 nitrogen and oxygen atoms in total. The van der Waals surface area contributed by atoms with Crippen LogP contribution in [0.3, 0.4) is 0 Å². The van der Waals surface area contributed by atoms with Gasteiger partial charge in [0.05, 0.1) is 27.3 Å². The van der Waals surface area contributed by atoms with Crippen molar-refractivity contribution in [1.29, 1.82) is 0 Å². The number of hydrogen-bond acceptors (Lipinski definition) is 6. The minimum absolute atomic E-state index is 0.644. The molecule has 0 radical (unpaired) electrons. The van der Waals surface area contributed by atoms with Crippen LogP contribution in [0, 0.1) is 0 Å². The summed E-state index contributed by atoms with van der Waals surface area (Å²) < 4.78 is 2.30. The van der Waals surface area contributed by atoms with Crippen molar-refractivity contribution in [3.8, 4) is 56.5 Å². The topological polar surface area (TPSA) is 64.5 Å². The molecule has 9 aromatic rings. The highest BCUT2D eigenvalue weighted by Crippen LogP contribution is 2.39. The zero-order chi connectivity index (χ0) is 31.2. The highest BCUT2D eigenvalue weighted by atomic mass is 32.1. The lowest BCUT2D eigenvalue weighted by atomic mass is 10.0. The second-order valence-corrected chi connectivity index (χ2v) is 12.4. The van der Waals surface area contributed by atoms with Gasteiger partial charge in [-0.2, -0.15) is 0 Å². The van der Waals surface area contributed by atoms with E-state index in [9.17, 15) is 0 Å². The predicted molar refractivity (Wildman–Crippen MR) is 193 cm³/mol. The van der Waals surface area contributed by atoms with Crippen molar-refractivity contribution >= 4 is 42.4 Å². The molecule has 220 valence electrons. The molecule has 6 heteroatoms. The number of aromatic nitrogens is 5. The fraction of sp³-hybridized carbons (Fsp3) is 0. The van der Waals surface area contributed by atoms with Crippen LogP contribution in [0.25, 0.3) is 87.6 Å². The van der Waals surface area contributed by atoms with Crippen molar-refractivity contribution < 1.29 is 0 Å². The van der Waals surface area contributed by atoms with Crippen LogP contribution in [0.5, 0.6) is 0 Å². The van der Waals surface area contributed by atoms with Gasteiger partial charge in [0.2, 0.25) is 0 Å². The fourth-order valence-corrected chi connectivity index (χ4v) is 7.26. The van der Waals surface area contributed by atoms with Gasteiger partial charge in [-0.1, -0.05) is 115 Å². The number of benzene rings is 5. The van der Waals surface area contributed by atoms with Gasteiger partial charge in [-0.25, -0.2) is 19.9 Å². The maximum absolute atomic E-state index is 5.14. The Morgan fingerprint density at radius 3 is 1.96 bits per heavy atom. The lowest BCUT2D eigenvalue weighted by Crippen LogP contribution is -1.97. The Morgan fingerprint density at radius 1 is 0.468 bits per heavy atom. The Bertz CT molecular complexity index is 2560. The van der Waals surface area contributed by atoms with Gasteiger partial charge in [-0.05, 0) is 35.0 Å². The molecule has 9 rings (SSSR count). The van der Waals surface area contributed by atoms with Crippen LogP contribution in [0.15, 0.2) is 152 Å². The first-order valence-corrected chi connectivity index (χ1v) is 16.2. The summed E-state index contributed by atoms with van der Waals surface area (Å²) in [7, 11) is 0. The Balaban J connectivity index is 1.18. The van der Waals surface area contributed by atoms with Crippen LogP contribution in [0.1, 0.15) is 0 Å². The summed E-state index contributed by atoms with van der Waals surface area (Å²) in [6, 6.07) is 47.8. The van der Waals surface area contributed by atoms with Crippen LogP contribution in [0.2, 0.25) is 0 Å². The van der Waals surface area contributed by atoms with Gasteiger partial charge in [0.25, 0.3) is 0 Å². The monoisotopic (exact) mass is 619 g/mol. The summed E-state index contributed by atoms with van der Waals surface area (Å²) in [4.78, 5) is 24.7. The summed E-state index contributed by atoms with van der Waals surface area (Å²) in [6.07, 6.45) is 3.62. The number of nitrogens with zero attached hydrogens (tertiary/aromatic N) is 5. The van der Waals surface area contributed by atoms with Gasteiger partial charge in [-0.15, -0.1) is 11.3 Å². The highest BCUT2D eigenvalue weighted by Gasteiger charge is 2.17. The smallest absolute Gasteiger partial charge is 0.160 e. The number of thiophene rings is 1. The van der Waals surface area contributed by atoms with Crippen LogP contribution in [-0.4, -0.2) is 24.9 Å². The van der Waals surface area contributed by atoms with Gasteiger partial charge in [0, 0.05) is 50.3 Å². The molecule has 0 amide bonds. The van der Waals surface area contributed by atoms with E-state index in [0.717, 1.165) is 65.9 Å². The lowest BCUT2D eigenvalue weighted by Gasteiger charge is -2.11. The third-order valence-corrected chi connectivity index (χ3v) is 9.58. The lowest BCUT2D eigenvalue weighted by molar-refractivity contribution is 1.18. The van der Waals surface area contributed by atoms with Gasteiger partial charge in [0.1, 0.15) is 0 Å². The van der Waals surface area contributed by atoms with E-state index >= 15 is 0 Å². The van der Waals surface area contributed by atoms with E-state index < -0.39 is 0 Å². The first kappa shape index (κ1) is 27.2. The molecule has 0 atom stereocenters. The molecule has 0 spiro atoms. The van der Waals surface area contributed by atoms with Gasteiger partial charge >= 0.3 is 0 Å². The molecule has 4 heterocycles. The SMILES string of the molecule is c1ccc(-c2nc(-c3ccc(-c4nc(-c5cccnc5)cc(-c5cccc6ccccc56)n4)cc3)nc3c2sc2ccccc23)cc1. The first-order chi connectivity index (χ1) is 23.3. The molecule has 0 N–H and O–H groups in total. The Kier molecular flexibility index (Phi) is 6.58. The van der Waals surface area contributed by atoms with E-state index in [2.05, 4.69) is 126 Å². The average molecular weight is 620 g/mol. The zero-order valence-electron chi connectivity index (χ0n) is 25.1. The van der Waals surface area contributed by atoms with E-state index in [1.807, 2.05) is 24.4 Å². The van der Waals surface area contributed by atoms with Crippen molar-refractivity contribution in [3.05, 3.63) is 152 Å². The first-order valence-electron chi connectivity index (χ1n) is 15.4. The van der Waals surface area contributed by atoms with Crippen molar-refractivity contribution in [2.45, 2.75) is 0 Å². The maximum Gasteiger partial charge on any atom is 0.160 e. The van der Waals surface area contributed by atoms with Gasteiger partial charge < -0.3 is 0 Å². The molecule has 0 fully saturated rings. The molecule has 0 saturated carbocycles. The van der Waals surface area contributed by atoms with Crippen molar-refractivity contribution in [2.75, 3.05) is 0 Å². The molecule has 5 aromatic carbocycles. The maximum atomic E-state index is 5.14. The Morgan fingerprint density at radius 2 is 1.15 bits per heavy atom. The molecule has 0 aliphatic heterocycles. The van der Waals surface area contributed by atoms with E-state index in [1.54, 1.807) is 17.5 Å². The highest BCUT2D eigenvalue weighted by molar-refractivity contribution is 7.26. The molecule has 47 heavy (non-hydrogen) atoms. The molecular weight excluding hydrogens is 595 g/mol. The van der Waals surface area contributed by atoms with Crippen LogP contribution >= 0.6 is 11.3 Å². The summed E-state index contributed by atoms with van der Waals surface area (Å²) in [5.41, 5.74) is 8.52. The average Bonchev–Trinajstić information content (AvgIpc) is 3.53. The molecule has 0 aliphatic rings. The quantitative estimate of drug-likeness (QED) is 0.192. The van der Waals surface area contributed by atoms with E-state index in [0.29, 0.717) is 11.6 Å². The number of fused-ring (bicyclic) bond motifs is 4. The molecule has 0 saturated heterocycles. The Hall–Kier alpha value is -6.11. The van der Waals surface area contributed by atoms with Crippen LogP contribution < -0.4 is 0 Å². The molecule has 0 aliphatic carbocycles. The minimum atomic E-state index is 0.644. The zero-order valence-corrected chi connectivity index (χ0v) is 25.9. The third kappa shape index (κ3) is 4.92. The molecule has 4 aromatic heterocycles. The number of rotatable bonds is 5. The molecular formula is C41H25N5S. The van der Waals surface area contributed by atoms with Gasteiger partial charge in [-0.3, -0.25) is 4.98 Å². The molecule has 0 bridgehead atoms. The van der Waals surface area contributed by atoms with Crippen molar-refractivity contribution in [1.82, 2.24) is 24.9 Å². The van der Waals surface area contributed by atoms with Crippen LogP contribution in [0.4, 0.5) is 0 Å². The third-order valence-electron chi connectivity index (χ3n) is 8.42. The van der Waals surface area contributed by atoms with Crippen LogP contribution in [-0.2, 0) is 0 Å². The number of pyridine rings is 1. The van der Waals surface area contributed by atoms with Crippen molar-refractivity contribution in [3.63, 3.8) is 0 Å². The predicted octanol–water partition coefficient (Wildman–Crippen LogP) is 10.5. The van der Waals surface area contributed by atoms with E-state index in [-0.39, 0.29) is 0 Å². The normalized spacial score (nSPS) is 11.4. The van der Waals surface area contributed by atoms with E-state index in [4.69, 9.17) is 19.9 Å². The van der Waals surface area contributed by atoms with E-state index in [1.165, 1.54) is 10.1 Å². The summed E-state index contributed by atoms with van der Waals surface area (Å²) >= 11 is 1.74. The minimum Gasteiger partial charge on any atom is -0.264 e. The second-order valence-electron chi connectivity index (χ2n) is 11.3. The summed E-state index contributed by atoms with van der Waals surface area (Å²) in [5, 5.41) is 3.46. The molecule has 0 unspecified atom stereocenters. The summed E-state index contributed by atoms with van der Waals surface area (Å²) in [6.45, 7) is 0.